The number of hydrogen-bond donors (Lipinski definition) is 1. The first-order valence-electron chi connectivity index (χ1n) is 12.4. The van der Waals surface area contributed by atoms with Crippen molar-refractivity contribution >= 4 is 23.5 Å². The van der Waals surface area contributed by atoms with E-state index in [1.807, 2.05) is 24.3 Å². The molecule has 0 spiro atoms. The van der Waals surface area contributed by atoms with Crippen molar-refractivity contribution in [3.8, 4) is 0 Å². The number of hydrogen-bond acceptors (Lipinski definition) is 5. The molecule has 1 atom stereocenters. The zero-order valence-electron chi connectivity index (χ0n) is 20.3. The Morgan fingerprint density at radius 1 is 1.12 bits per heavy atom. The number of amides is 2. The highest BCUT2D eigenvalue weighted by Gasteiger charge is 2.49. The van der Waals surface area contributed by atoms with Gasteiger partial charge < -0.3 is 10.1 Å². The Hall–Kier alpha value is -3.16. The van der Waals surface area contributed by atoms with Gasteiger partial charge >= 0.3 is 5.97 Å². The summed E-state index contributed by atoms with van der Waals surface area (Å²) in [7, 11) is 0. The number of aryl methyl sites for hydroxylation is 1. The van der Waals surface area contributed by atoms with Gasteiger partial charge in [0.05, 0.1) is 13.2 Å². The molecule has 1 N–H and O–H groups in total. The molecule has 1 aromatic heterocycles. The standard InChI is InChI=1S/C26H34N4O4/c1-4-18-12-14-20(15-13-18)30-23(31)22-16-21(24(32)34-5-2)28-29(22)17-26(30,3)25(33)27-19-10-8-6-7-9-11-19/h12-16,19H,4-11,17H2,1-3H3,(H,27,33)/t26-/m1/s1. The van der Waals surface area contributed by atoms with Crippen LogP contribution in [0.25, 0.3) is 0 Å². The molecule has 0 radical (unpaired) electrons. The molecule has 2 aliphatic rings. The lowest BCUT2D eigenvalue weighted by atomic mass is 9.93. The van der Waals surface area contributed by atoms with Crippen molar-refractivity contribution in [1.82, 2.24) is 15.1 Å². The minimum absolute atomic E-state index is 0.0694. The maximum absolute atomic E-state index is 13.8. The summed E-state index contributed by atoms with van der Waals surface area (Å²) >= 11 is 0. The summed E-state index contributed by atoms with van der Waals surface area (Å²) in [4.78, 5) is 41.4. The van der Waals surface area contributed by atoms with Gasteiger partial charge in [0.25, 0.3) is 5.91 Å². The molecule has 4 rings (SSSR count). The quantitative estimate of drug-likeness (QED) is 0.515. The maximum Gasteiger partial charge on any atom is 0.358 e. The Bertz CT molecular complexity index is 1050. The third kappa shape index (κ3) is 4.58. The Kier molecular flexibility index (Phi) is 7.05. The highest BCUT2D eigenvalue weighted by atomic mass is 16.5. The van der Waals surface area contributed by atoms with Gasteiger partial charge in [0.15, 0.2) is 5.69 Å². The van der Waals surface area contributed by atoms with Crippen LogP contribution in [0.15, 0.2) is 30.3 Å². The van der Waals surface area contributed by atoms with E-state index in [9.17, 15) is 14.4 Å². The maximum atomic E-state index is 13.8. The van der Waals surface area contributed by atoms with Crippen molar-refractivity contribution in [3.05, 3.63) is 47.3 Å². The summed E-state index contributed by atoms with van der Waals surface area (Å²) in [6, 6.07) is 9.26. The van der Waals surface area contributed by atoms with Crippen LogP contribution in [0.2, 0.25) is 0 Å². The van der Waals surface area contributed by atoms with Crippen LogP contribution in [0, 0.1) is 0 Å². The van der Waals surface area contributed by atoms with Crippen LogP contribution >= 0.6 is 0 Å². The fraction of sp³-hybridized carbons (Fsp3) is 0.538. The van der Waals surface area contributed by atoms with Crippen LogP contribution in [0.3, 0.4) is 0 Å². The van der Waals surface area contributed by atoms with Crippen molar-refractivity contribution in [2.75, 3.05) is 11.5 Å². The summed E-state index contributed by atoms with van der Waals surface area (Å²) in [6.07, 6.45) is 7.33. The van der Waals surface area contributed by atoms with Gasteiger partial charge in [-0.25, -0.2) is 4.79 Å². The summed E-state index contributed by atoms with van der Waals surface area (Å²) < 4.78 is 6.54. The van der Waals surface area contributed by atoms with Crippen LogP contribution in [0.4, 0.5) is 5.69 Å². The van der Waals surface area contributed by atoms with Gasteiger partial charge in [-0.2, -0.15) is 5.10 Å². The number of nitrogens with one attached hydrogen (secondary N) is 1. The summed E-state index contributed by atoms with van der Waals surface area (Å²) in [5.74, 6) is -1.15. The van der Waals surface area contributed by atoms with Gasteiger partial charge in [-0.15, -0.1) is 0 Å². The van der Waals surface area contributed by atoms with Gasteiger partial charge in [-0.3, -0.25) is 19.2 Å². The Labute approximate surface area is 200 Å². The van der Waals surface area contributed by atoms with E-state index >= 15 is 0 Å². The molecule has 2 aromatic rings. The van der Waals surface area contributed by atoms with Crippen molar-refractivity contribution in [3.63, 3.8) is 0 Å². The molecule has 1 aliphatic heterocycles. The van der Waals surface area contributed by atoms with Crippen LogP contribution in [-0.4, -0.2) is 45.8 Å². The second-order valence-electron chi connectivity index (χ2n) is 9.39. The molecule has 0 unspecified atom stereocenters. The third-order valence-corrected chi connectivity index (χ3v) is 6.92. The average molecular weight is 467 g/mol. The number of ether oxygens (including phenoxy) is 1. The highest BCUT2D eigenvalue weighted by molar-refractivity contribution is 6.12. The van der Waals surface area contributed by atoms with Crippen molar-refractivity contribution in [2.24, 2.45) is 0 Å². The minimum Gasteiger partial charge on any atom is -0.461 e. The number of esters is 1. The number of nitrogens with zero attached hydrogens (tertiary/aromatic N) is 3. The van der Waals surface area contributed by atoms with Gasteiger partial charge in [0, 0.05) is 17.8 Å². The Morgan fingerprint density at radius 2 is 1.79 bits per heavy atom. The fourth-order valence-corrected chi connectivity index (χ4v) is 4.94. The van der Waals surface area contributed by atoms with Crippen molar-refractivity contribution < 1.29 is 19.1 Å². The first-order valence-corrected chi connectivity index (χ1v) is 12.4. The summed E-state index contributed by atoms with van der Waals surface area (Å²) in [6.45, 7) is 5.92. The molecule has 1 aliphatic carbocycles. The smallest absolute Gasteiger partial charge is 0.358 e. The molecule has 2 amide bonds. The van der Waals surface area contributed by atoms with E-state index in [1.54, 1.807) is 18.7 Å². The van der Waals surface area contributed by atoms with E-state index in [2.05, 4.69) is 17.3 Å². The number of carbonyl (C=O) groups excluding carboxylic acids is 3. The SMILES string of the molecule is CCOC(=O)c1cc2n(n1)C[C@](C)(C(=O)NC1CCCCCC1)N(c1ccc(CC)cc1)C2=O. The summed E-state index contributed by atoms with van der Waals surface area (Å²) in [5.41, 5.74) is 0.919. The minimum atomic E-state index is -1.21. The van der Waals surface area contributed by atoms with Crippen molar-refractivity contribution in [2.45, 2.75) is 83.8 Å². The van der Waals surface area contributed by atoms with Crippen LogP contribution in [0.1, 0.15) is 85.8 Å². The van der Waals surface area contributed by atoms with E-state index in [0.29, 0.717) is 5.69 Å². The van der Waals surface area contributed by atoms with Gasteiger partial charge in [0.1, 0.15) is 11.2 Å². The van der Waals surface area contributed by atoms with Crippen LogP contribution < -0.4 is 10.2 Å². The topological polar surface area (TPSA) is 93.5 Å². The molecule has 34 heavy (non-hydrogen) atoms. The second-order valence-corrected chi connectivity index (χ2v) is 9.39. The number of fused-ring (bicyclic) bond motifs is 1. The predicted octanol–water partition coefficient (Wildman–Crippen LogP) is 3.88. The van der Waals surface area contributed by atoms with E-state index < -0.39 is 11.5 Å². The van der Waals surface area contributed by atoms with Crippen LogP contribution in [-0.2, 0) is 22.5 Å². The number of carbonyl (C=O) groups is 3. The zero-order valence-corrected chi connectivity index (χ0v) is 20.3. The Balaban J connectivity index is 1.72. The molecule has 2 heterocycles. The molecule has 8 nitrogen and oxygen atoms in total. The number of rotatable bonds is 6. The Morgan fingerprint density at radius 3 is 2.41 bits per heavy atom. The molecule has 1 fully saturated rings. The molecule has 8 heteroatoms. The molecule has 0 bridgehead atoms. The summed E-state index contributed by atoms with van der Waals surface area (Å²) in [5, 5.41) is 7.56. The van der Waals surface area contributed by atoms with E-state index in [-0.39, 0.29) is 42.4 Å². The molecular formula is C26H34N4O4. The first kappa shape index (κ1) is 24.0. The molecule has 0 saturated heterocycles. The van der Waals surface area contributed by atoms with Crippen LogP contribution in [0.5, 0.6) is 0 Å². The lowest BCUT2D eigenvalue weighted by Gasteiger charge is -2.43. The van der Waals surface area contributed by atoms with Gasteiger partial charge in [-0.05, 0) is 50.8 Å². The second kappa shape index (κ2) is 9.99. The first-order chi connectivity index (χ1) is 16.4. The normalized spacial score (nSPS) is 21.0. The van der Waals surface area contributed by atoms with E-state index in [0.717, 1.165) is 37.7 Å². The molecule has 1 saturated carbocycles. The van der Waals surface area contributed by atoms with Gasteiger partial charge in [-0.1, -0.05) is 44.7 Å². The molecule has 182 valence electrons. The average Bonchev–Trinajstić information content (AvgIpc) is 3.08. The monoisotopic (exact) mass is 466 g/mol. The number of benzene rings is 1. The number of aromatic nitrogens is 2. The zero-order chi connectivity index (χ0) is 24.3. The largest absolute Gasteiger partial charge is 0.461 e. The highest BCUT2D eigenvalue weighted by Crippen LogP contribution is 2.33. The third-order valence-electron chi connectivity index (χ3n) is 6.92. The molecule has 1 aromatic carbocycles. The lowest BCUT2D eigenvalue weighted by Crippen LogP contribution is -2.65. The lowest BCUT2D eigenvalue weighted by molar-refractivity contribution is -0.127. The molecular weight excluding hydrogens is 432 g/mol. The van der Waals surface area contributed by atoms with Gasteiger partial charge in [0.2, 0.25) is 5.91 Å². The number of anilines is 1. The van der Waals surface area contributed by atoms with Crippen molar-refractivity contribution in [1.29, 1.82) is 0 Å². The van der Waals surface area contributed by atoms with E-state index in [4.69, 9.17) is 4.74 Å². The van der Waals surface area contributed by atoms with E-state index in [1.165, 1.54) is 23.6 Å². The fourth-order valence-electron chi connectivity index (χ4n) is 4.94. The predicted molar refractivity (Wildman–Crippen MR) is 129 cm³/mol.